The molecule has 4 aromatic rings. The molecule has 0 spiro atoms. The van der Waals surface area contributed by atoms with Crippen LogP contribution < -0.4 is 15.5 Å². The van der Waals surface area contributed by atoms with E-state index in [0.29, 0.717) is 22.4 Å². The van der Waals surface area contributed by atoms with E-state index in [1.165, 1.54) is 18.9 Å². The predicted octanol–water partition coefficient (Wildman–Crippen LogP) is 4.70. The monoisotopic (exact) mass is 445 g/mol. The van der Waals surface area contributed by atoms with E-state index in [-0.39, 0.29) is 28.5 Å². The average Bonchev–Trinajstić information content (AvgIpc) is 3.37. The number of H-pyrrole nitrogens is 1. The van der Waals surface area contributed by atoms with Crippen molar-refractivity contribution >= 4 is 22.6 Å². The molecule has 0 unspecified atom stereocenters. The van der Waals surface area contributed by atoms with E-state index >= 15 is 0 Å². The molecule has 2 aromatic carbocycles. The lowest BCUT2D eigenvalue weighted by atomic mass is 10.1. The summed E-state index contributed by atoms with van der Waals surface area (Å²) in [5.41, 5.74) is 0.737. The quantitative estimate of drug-likeness (QED) is 0.283. The molecule has 0 saturated heterocycles. The minimum Gasteiger partial charge on any atom is -0.465 e. The van der Waals surface area contributed by atoms with Gasteiger partial charge in [0.15, 0.2) is 16.8 Å². The smallest absolute Gasteiger partial charge is 0.255 e. The number of nitrogens with zero attached hydrogens (tertiary/aromatic N) is 3. The molecule has 0 radical (unpaired) electrons. The van der Waals surface area contributed by atoms with Crippen LogP contribution in [0.15, 0.2) is 70.1 Å². The third-order valence-corrected chi connectivity index (χ3v) is 4.96. The average molecular weight is 445 g/mol. The minimum atomic E-state index is -0.350. The van der Waals surface area contributed by atoms with Crippen LogP contribution in [0.4, 0.5) is 5.69 Å². The van der Waals surface area contributed by atoms with Crippen molar-refractivity contribution in [1.29, 1.82) is 0 Å². The molecule has 4 rings (SSSR count). The summed E-state index contributed by atoms with van der Waals surface area (Å²) in [6.45, 7) is 2.17. The number of unbranched alkanes of at least 4 members (excludes halogenated alkanes) is 3. The van der Waals surface area contributed by atoms with Crippen molar-refractivity contribution in [3.8, 4) is 17.3 Å². The van der Waals surface area contributed by atoms with E-state index in [4.69, 9.17) is 9.15 Å². The van der Waals surface area contributed by atoms with Crippen LogP contribution in [0.5, 0.6) is 5.75 Å². The summed E-state index contributed by atoms with van der Waals surface area (Å²) in [5, 5.41) is 16.6. The van der Waals surface area contributed by atoms with Crippen LogP contribution in [0.3, 0.4) is 0 Å². The summed E-state index contributed by atoms with van der Waals surface area (Å²) < 4.78 is 11.4. The number of hydrogen-bond acceptors (Lipinski definition) is 7. The maximum Gasteiger partial charge on any atom is 0.255 e. The Kier molecular flexibility index (Phi) is 6.89. The highest BCUT2D eigenvalue weighted by atomic mass is 16.5. The molecule has 9 nitrogen and oxygen atoms in total. The van der Waals surface area contributed by atoms with Gasteiger partial charge in [-0.1, -0.05) is 25.8 Å². The molecular weight excluding hydrogens is 422 g/mol. The predicted molar refractivity (Wildman–Crippen MR) is 124 cm³/mol. The molecule has 0 fully saturated rings. The van der Waals surface area contributed by atoms with Crippen molar-refractivity contribution in [3.63, 3.8) is 0 Å². The van der Waals surface area contributed by atoms with Gasteiger partial charge in [0.2, 0.25) is 5.82 Å². The van der Waals surface area contributed by atoms with Crippen LogP contribution in [-0.4, -0.2) is 26.5 Å². The highest BCUT2D eigenvalue weighted by Gasteiger charge is 2.15. The van der Waals surface area contributed by atoms with E-state index in [1.54, 1.807) is 48.7 Å². The number of anilines is 1. The van der Waals surface area contributed by atoms with Gasteiger partial charge in [-0.2, -0.15) is 5.21 Å². The van der Waals surface area contributed by atoms with E-state index in [9.17, 15) is 9.59 Å². The number of amides is 1. The first-order valence-electron chi connectivity index (χ1n) is 10.7. The second-order valence-corrected chi connectivity index (χ2v) is 7.36. The molecule has 0 aliphatic heterocycles. The number of nitrogens with one attached hydrogen (secondary N) is 2. The zero-order valence-electron chi connectivity index (χ0n) is 18.1. The number of carbonyl (C=O) groups excluding carboxylic acids is 1. The molecule has 2 N–H and O–H groups in total. The van der Waals surface area contributed by atoms with Crippen molar-refractivity contribution in [1.82, 2.24) is 20.6 Å². The third-order valence-electron chi connectivity index (χ3n) is 4.96. The number of rotatable bonds is 9. The number of hydrogen-bond donors (Lipinski definition) is 2. The Morgan fingerprint density at radius 2 is 2.03 bits per heavy atom. The highest BCUT2D eigenvalue weighted by Crippen LogP contribution is 2.26. The summed E-state index contributed by atoms with van der Waals surface area (Å²) in [4.78, 5) is 25.3. The largest absolute Gasteiger partial charge is 0.465 e. The minimum absolute atomic E-state index is 0.144. The van der Waals surface area contributed by atoms with Crippen LogP contribution in [0, 0.1) is 0 Å². The standard InChI is InChI=1S/C24H23N5O4/c1-2-3-4-5-6-14-32-17-12-10-16(11-13-17)24(31)25-19-9-7-8-18-20(30)15-21(33-22(18)19)23-26-28-29-27-23/h6-15H,2-5H2,1H3,(H,25,31)(H,26,27,28,29). The highest BCUT2D eigenvalue weighted by molar-refractivity contribution is 6.08. The summed E-state index contributed by atoms with van der Waals surface area (Å²) >= 11 is 0. The lowest BCUT2D eigenvalue weighted by molar-refractivity contribution is 0.102. The molecule has 9 heteroatoms. The topological polar surface area (TPSA) is 123 Å². The fraction of sp³-hybridized carbons (Fsp3) is 0.208. The second-order valence-electron chi connectivity index (χ2n) is 7.36. The van der Waals surface area contributed by atoms with Crippen molar-refractivity contribution < 1.29 is 13.9 Å². The van der Waals surface area contributed by atoms with Crippen LogP contribution in [-0.2, 0) is 0 Å². The zero-order chi connectivity index (χ0) is 23.0. The number of para-hydroxylation sites is 1. The Labute approximate surface area is 189 Å². The maximum absolute atomic E-state index is 12.8. The van der Waals surface area contributed by atoms with Crippen LogP contribution in [0.2, 0.25) is 0 Å². The SMILES string of the molecule is CCCCCC=COc1ccc(C(=O)Nc2cccc3c(=O)cc(-c4nn[nH]n4)oc23)cc1. The molecule has 2 aromatic heterocycles. The zero-order valence-corrected chi connectivity index (χ0v) is 18.1. The molecule has 0 bridgehead atoms. The molecule has 0 atom stereocenters. The molecule has 168 valence electrons. The number of aromatic amines is 1. The first-order valence-corrected chi connectivity index (χ1v) is 10.7. The van der Waals surface area contributed by atoms with Crippen LogP contribution >= 0.6 is 0 Å². The Morgan fingerprint density at radius 1 is 1.18 bits per heavy atom. The van der Waals surface area contributed by atoms with Crippen molar-refractivity contribution in [2.75, 3.05) is 5.32 Å². The lowest BCUT2D eigenvalue weighted by Gasteiger charge is -2.09. The number of allylic oxidation sites excluding steroid dienone is 1. The van der Waals surface area contributed by atoms with Gasteiger partial charge in [0.1, 0.15) is 5.75 Å². The van der Waals surface area contributed by atoms with Gasteiger partial charge < -0.3 is 14.5 Å². The van der Waals surface area contributed by atoms with Gasteiger partial charge in [0, 0.05) is 11.6 Å². The van der Waals surface area contributed by atoms with Crippen molar-refractivity contribution in [2.24, 2.45) is 0 Å². The number of aromatic nitrogens is 4. The van der Waals surface area contributed by atoms with E-state index in [1.807, 2.05) is 6.08 Å². The number of fused-ring (bicyclic) bond motifs is 1. The van der Waals surface area contributed by atoms with Gasteiger partial charge in [0.05, 0.1) is 17.3 Å². The third kappa shape index (κ3) is 5.32. The summed E-state index contributed by atoms with van der Waals surface area (Å²) in [6.07, 6.45) is 8.16. The first-order chi connectivity index (χ1) is 16.2. The summed E-state index contributed by atoms with van der Waals surface area (Å²) in [7, 11) is 0. The van der Waals surface area contributed by atoms with Gasteiger partial charge in [-0.05, 0) is 60.5 Å². The Balaban J connectivity index is 1.49. The summed E-state index contributed by atoms with van der Waals surface area (Å²) in [6, 6.07) is 13.0. The summed E-state index contributed by atoms with van der Waals surface area (Å²) in [5.74, 6) is 0.577. The van der Waals surface area contributed by atoms with Gasteiger partial charge in [-0.15, -0.1) is 10.2 Å². The Morgan fingerprint density at radius 3 is 2.79 bits per heavy atom. The molecule has 0 aliphatic carbocycles. The lowest BCUT2D eigenvalue weighted by Crippen LogP contribution is -2.13. The van der Waals surface area contributed by atoms with Crippen molar-refractivity contribution in [3.05, 3.63) is 76.7 Å². The molecule has 2 heterocycles. The molecular formula is C24H23N5O4. The normalized spacial score (nSPS) is 11.2. The number of ether oxygens (including phenoxy) is 1. The van der Waals surface area contributed by atoms with Gasteiger partial charge in [-0.3, -0.25) is 9.59 Å². The number of carbonyl (C=O) groups is 1. The fourth-order valence-corrected chi connectivity index (χ4v) is 3.24. The van der Waals surface area contributed by atoms with E-state index in [2.05, 4.69) is 32.9 Å². The fourth-order valence-electron chi connectivity index (χ4n) is 3.24. The Bertz CT molecular complexity index is 1310. The van der Waals surface area contributed by atoms with E-state index < -0.39 is 0 Å². The number of tetrazole rings is 1. The van der Waals surface area contributed by atoms with Gasteiger partial charge in [-0.25, -0.2) is 0 Å². The number of benzene rings is 2. The van der Waals surface area contributed by atoms with Crippen molar-refractivity contribution in [2.45, 2.75) is 32.6 Å². The molecule has 0 saturated carbocycles. The van der Waals surface area contributed by atoms with Crippen LogP contribution in [0.25, 0.3) is 22.6 Å². The maximum atomic E-state index is 12.8. The van der Waals surface area contributed by atoms with Crippen LogP contribution in [0.1, 0.15) is 43.0 Å². The first kappa shape index (κ1) is 21.9. The van der Waals surface area contributed by atoms with E-state index in [0.717, 1.165) is 12.8 Å². The molecule has 0 aliphatic rings. The molecule has 33 heavy (non-hydrogen) atoms. The Hall–Kier alpha value is -4.27. The van der Waals surface area contributed by atoms with Gasteiger partial charge in [0.25, 0.3) is 5.91 Å². The second kappa shape index (κ2) is 10.4. The van der Waals surface area contributed by atoms with Gasteiger partial charge >= 0.3 is 0 Å². The molecule has 1 amide bonds.